The molecule has 3 nitrogen and oxygen atoms in total. The van der Waals surface area contributed by atoms with Gasteiger partial charge in [-0.05, 0) is 17.7 Å². The van der Waals surface area contributed by atoms with E-state index in [1.54, 1.807) is 24.3 Å². The molecule has 4 heteroatoms. The predicted octanol–water partition coefficient (Wildman–Crippen LogP) is 1.54. The summed E-state index contributed by atoms with van der Waals surface area (Å²) in [4.78, 5) is 0.377. The number of hydrogen-bond acceptors (Lipinski definition) is 2. The van der Waals surface area contributed by atoms with E-state index in [-0.39, 0.29) is 12.0 Å². The highest BCUT2D eigenvalue weighted by Crippen LogP contribution is 2.22. The molecule has 2 N–H and O–H groups in total. The van der Waals surface area contributed by atoms with Crippen LogP contribution >= 0.6 is 0 Å². The topological polar surface area (TPSA) is 57.5 Å². The van der Waals surface area contributed by atoms with E-state index in [1.807, 2.05) is 13.8 Å². The van der Waals surface area contributed by atoms with Gasteiger partial charge in [0.25, 0.3) is 0 Å². The maximum absolute atomic E-state index is 10.7. The Bertz CT molecular complexity index is 330. The van der Waals surface area contributed by atoms with Gasteiger partial charge in [0.1, 0.15) is 0 Å². The smallest absolute Gasteiger partial charge is 0.186 e. The molecule has 0 bridgehead atoms. The summed E-state index contributed by atoms with van der Waals surface area (Å²) in [5.41, 5.74) is 0.643. The summed E-state index contributed by atoms with van der Waals surface area (Å²) < 4.78 is 19.5. The minimum atomic E-state index is -1.93. The third-order valence-electron chi connectivity index (χ3n) is 2.23. The van der Waals surface area contributed by atoms with Crippen LogP contribution < -0.4 is 0 Å². The van der Waals surface area contributed by atoms with Crippen molar-refractivity contribution < 1.29 is 13.9 Å². The highest BCUT2D eigenvalue weighted by atomic mass is 32.2. The molecule has 1 aromatic carbocycles. The molecule has 1 aromatic rings. The Balaban J connectivity index is 2.99. The average Bonchev–Trinajstić information content (AvgIpc) is 2.18. The molecule has 1 rings (SSSR count). The molecule has 0 saturated carbocycles. The zero-order valence-corrected chi connectivity index (χ0v) is 9.04. The van der Waals surface area contributed by atoms with Crippen LogP contribution in [0.4, 0.5) is 0 Å². The van der Waals surface area contributed by atoms with Gasteiger partial charge in [0.2, 0.25) is 0 Å². The number of benzene rings is 1. The van der Waals surface area contributed by atoms with Gasteiger partial charge in [0, 0.05) is 5.41 Å². The van der Waals surface area contributed by atoms with Crippen molar-refractivity contribution in [1.29, 1.82) is 0 Å². The summed E-state index contributed by atoms with van der Waals surface area (Å²) in [7, 11) is 0. The summed E-state index contributed by atoms with van der Waals surface area (Å²) in [5.74, 6) is 0. The number of hydrogen-bond donors (Lipinski definition) is 2. The fourth-order valence-corrected chi connectivity index (χ4v) is 1.48. The molecular formula is C10H14O3S. The Morgan fingerprint density at radius 2 is 1.79 bits per heavy atom. The van der Waals surface area contributed by atoms with Crippen LogP contribution in [-0.2, 0) is 16.5 Å². The maximum atomic E-state index is 10.7. The lowest BCUT2D eigenvalue weighted by molar-refractivity contribution is 0.218. The summed E-state index contributed by atoms with van der Waals surface area (Å²) in [5, 5.41) is 9.12. The molecule has 0 saturated heterocycles. The van der Waals surface area contributed by atoms with Gasteiger partial charge in [-0.2, -0.15) is 0 Å². The van der Waals surface area contributed by atoms with Crippen LogP contribution in [0.2, 0.25) is 0 Å². The van der Waals surface area contributed by atoms with Gasteiger partial charge in [-0.15, -0.1) is 0 Å². The van der Waals surface area contributed by atoms with Gasteiger partial charge in [-0.1, -0.05) is 26.0 Å². The minimum absolute atomic E-state index is 0.0502. The zero-order valence-electron chi connectivity index (χ0n) is 8.23. The molecular weight excluding hydrogens is 200 g/mol. The minimum Gasteiger partial charge on any atom is -0.395 e. The number of rotatable bonds is 3. The van der Waals surface area contributed by atoms with E-state index >= 15 is 0 Å². The predicted molar refractivity (Wildman–Crippen MR) is 55.6 cm³/mol. The van der Waals surface area contributed by atoms with E-state index in [4.69, 9.17) is 9.66 Å². The van der Waals surface area contributed by atoms with Gasteiger partial charge in [0.05, 0.1) is 11.5 Å². The zero-order chi connectivity index (χ0) is 10.8. The van der Waals surface area contributed by atoms with Crippen LogP contribution in [0.5, 0.6) is 0 Å². The van der Waals surface area contributed by atoms with E-state index in [9.17, 15) is 4.21 Å². The molecule has 0 aliphatic carbocycles. The van der Waals surface area contributed by atoms with Gasteiger partial charge in [-0.25, -0.2) is 4.21 Å². The first-order chi connectivity index (χ1) is 6.47. The third-order valence-corrected chi connectivity index (χ3v) is 2.91. The molecule has 1 unspecified atom stereocenters. The Labute approximate surface area is 86.1 Å². The molecule has 0 spiro atoms. The molecule has 1 atom stereocenters. The third kappa shape index (κ3) is 2.41. The van der Waals surface area contributed by atoms with E-state index in [1.165, 1.54) is 0 Å². The summed E-state index contributed by atoms with van der Waals surface area (Å²) >= 11 is -1.93. The first kappa shape index (κ1) is 11.4. The molecule has 0 aromatic heterocycles. The molecule has 14 heavy (non-hydrogen) atoms. The molecule has 0 heterocycles. The fourth-order valence-electron chi connectivity index (χ4n) is 1.11. The van der Waals surface area contributed by atoms with Gasteiger partial charge in [0.15, 0.2) is 11.1 Å². The van der Waals surface area contributed by atoms with Crippen molar-refractivity contribution in [2.24, 2.45) is 0 Å². The fraction of sp³-hybridized carbons (Fsp3) is 0.400. The molecule has 0 radical (unpaired) electrons. The van der Waals surface area contributed by atoms with E-state index in [0.717, 1.165) is 5.56 Å². The van der Waals surface area contributed by atoms with E-state index in [0.29, 0.717) is 4.90 Å². The van der Waals surface area contributed by atoms with Crippen molar-refractivity contribution in [3.8, 4) is 0 Å². The van der Waals surface area contributed by atoms with Crippen LogP contribution in [0.1, 0.15) is 19.4 Å². The highest BCUT2D eigenvalue weighted by molar-refractivity contribution is 7.79. The Morgan fingerprint density at radius 3 is 2.14 bits per heavy atom. The molecule has 0 aliphatic rings. The van der Waals surface area contributed by atoms with E-state index < -0.39 is 11.1 Å². The first-order valence-electron chi connectivity index (χ1n) is 4.29. The first-order valence-corrected chi connectivity index (χ1v) is 5.40. The lowest BCUT2D eigenvalue weighted by Crippen LogP contribution is -2.21. The Kier molecular flexibility index (Phi) is 3.42. The second-order valence-corrected chi connectivity index (χ2v) is 4.79. The van der Waals surface area contributed by atoms with Crippen LogP contribution in [-0.4, -0.2) is 20.5 Å². The van der Waals surface area contributed by atoms with Gasteiger partial charge in [-0.3, -0.25) is 0 Å². The Morgan fingerprint density at radius 1 is 1.29 bits per heavy atom. The van der Waals surface area contributed by atoms with Crippen molar-refractivity contribution in [2.75, 3.05) is 6.61 Å². The normalized spacial score (nSPS) is 14.0. The van der Waals surface area contributed by atoms with Crippen LogP contribution in [0.3, 0.4) is 0 Å². The standard InChI is InChI=1S/C10H14O3S/c1-10(2,7-11)8-3-5-9(6-4-8)14(12)13/h3-6,11H,7H2,1-2H3,(H,12,13). The van der Waals surface area contributed by atoms with Crippen molar-refractivity contribution >= 4 is 11.1 Å². The highest BCUT2D eigenvalue weighted by Gasteiger charge is 2.19. The lowest BCUT2D eigenvalue weighted by atomic mass is 9.86. The van der Waals surface area contributed by atoms with Crippen molar-refractivity contribution in [1.82, 2.24) is 0 Å². The van der Waals surface area contributed by atoms with Crippen LogP contribution in [0, 0.1) is 0 Å². The molecule has 0 aliphatic heterocycles. The average molecular weight is 214 g/mol. The molecule has 0 amide bonds. The maximum Gasteiger partial charge on any atom is 0.186 e. The second-order valence-electron chi connectivity index (χ2n) is 3.82. The monoisotopic (exact) mass is 214 g/mol. The quantitative estimate of drug-likeness (QED) is 0.750. The van der Waals surface area contributed by atoms with Gasteiger partial charge >= 0.3 is 0 Å². The largest absolute Gasteiger partial charge is 0.395 e. The van der Waals surface area contributed by atoms with Crippen LogP contribution in [0.25, 0.3) is 0 Å². The number of aliphatic hydroxyl groups is 1. The second kappa shape index (κ2) is 4.21. The summed E-state index contributed by atoms with van der Waals surface area (Å²) in [6.07, 6.45) is 0. The van der Waals surface area contributed by atoms with Crippen molar-refractivity contribution in [2.45, 2.75) is 24.2 Å². The van der Waals surface area contributed by atoms with Gasteiger partial charge < -0.3 is 9.66 Å². The summed E-state index contributed by atoms with van der Waals surface area (Å²) in [6, 6.07) is 6.73. The van der Waals surface area contributed by atoms with Crippen LogP contribution in [0.15, 0.2) is 29.2 Å². The lowest BCUT2D eigenvalue weighted by Gasteiger charge is -2.22. The van der Waals surface area contributed by atoms with Crippen molar-refractivity contribution in [3.63, 3.8) is 0 Å². The Hall–Kier alpha value is -0.710. The molecule has 0 fully saturated rings. The molecule has 78 valence electrons. The summed E-state index contributed by atoms with van der Waals surface area (Å²) in [6.45, 7) is 3.88. The SMILES string of the molecule is CC(C)(CO)c1ccc(S(=O)O)cc1. The number of aliphatic hydroxyl groups excluding tert-OH is 1. The van der Waals surface area contributed by atoms with E-state index in [2.05, 4.69) is 0 Å². The van der Waals surface area contributed by atoms with Crippen molar-refractivity contribution in [3.05, 3.63) is 29.8 Å².